The highest BCUT2D eigenvalue weighted by molar-refractivity contribution is 7.99. The summed E-state index contributed by atoms with van der Waals surface area (Å²) in [5.41, 5.74) is 7.19. The van der Waals surface area contributed by atoms with E-state index in [2.05, 4.69) is 0 Å². The third kappa shape index (κ3) is 3.49. The molecule has 0 aliphatic rings. The molecule has 0 aromatic heterocycles. The molecule has 114 valence electrons. The molecule has 4 nitrogen and oxygen atoms in total. The van der Waals surface area contributed by atoms with Gasteiger partial charge in [-0.25, -0.2) is 4.79 Å². The quantitative estimate of drug-likeness (QED) is 0.482. The molecule has 0 spiro atoms. The van der Waals surface area contributed by atoms with Gasteiger partial charge in [-0.1, -0.05) is 37.3 Å². The Kier molecular flexibility index (Phi) is 5.22. The Balaban J connectivity index is 2.53. The minimum Gasteiger partial charge on any atom is -0.478 e. The molecule has 3 N–H and O–H groups in total. The molecule has 0 aliphatic heterocycles. The normalized spacial score (nSPS) is 10.4. The van der Waals surface area contributed by atoms with Crippen LogP contribution < -0.4 is 5.73 Å². The SMILES string of the molecule is CCCSc1cc(C(=O)O)cc(N)c1C(=O)c1ccccc1. The first kappa shape index (κ1) is 16.1. The Bertz CT molecular complexity index is 699. The molecule has 0 saturated heterocycles. The van der Waals surface area contributed by atoms with Gasteiger partial charge in [0.15, 0.2) is 5.78 Å². The number of nitrogens with two attached hydrogens (primary N) is 1. The first-order valence-corrected chi connectivity index (χ1v) is 7.92. The predicted octanol–water partition coefficient (Wildman–Crippen LogP) is 3.70. The van der Waals surface area contributed by atoms with Crippen LogP contribution in [0.25, 0.3) is 0 Å². The van der Waals surface area contributed by atoms with Gasteiger partial charge in [-0.3, -0.25) is 4.79 Å². The van der Waals surface area contributed by atoms with Gasteiger partial charge in [0.1, 0.15) is 0 Å². The van der Waals surface area contributed by atoms with Crippen LogP contribution in [0.1, 0.15) is 39.6 Å². The topological polar surface area (TPSA) is 80.4 Å². The third-order valence-electron chi connectivity index (χ3n) is 3.10. The number of benzene rings is 2. The van der Waals surface area contributed by atoms with Gasteiger partial charge in [0.25, 0.3) is 0 Å². The molecule has 0 unspecified atom stereocenters. The fourth-order valence-corrected chi connectivity index (χ4v) is 3.05. The summed E-state index contributed by atoms with van der Waals surface area (Å²) in [6.45, 7) is 2.02. The summed E-state index contributed by atoms with van der Waals surface area (Å²) in [6.07, 6.45) is 0.917. The molecule has 2 rings (SSSR count). The minimum absolute atomic E-state index is 0.0979. The van der Waals surface area contributed by atoms with Gasteiger partial charge in [0, 0.05) is 16.1 Å². The molecule has 2 aromatic carbocycles. The van der Waals surface area contributed by atoms with Crippen molar-refractivity contribution in [3.63, 3.8) is 0 Å². The fraction of sp³-hybridized carbons (Fsp3) is 0.176. The van der Waals surface area contributed by atoms with Crippen molar-refractivity contribution in [1.82, 2.24) is 0 Å². The maximum Gasteiger partial charge on any atom is 0.335 e. The number of hydrogen-bond acceptors (Lipinski definition) is 4. The molecule has 0 heterocycles. The fourth-order valence-electron chi connectivity index (χ4n) is 2.06. The summed E-state index contributed by atoms with van der Waals surface area (Å²) in [4.78, 5) is 24.5. The standard InChI is InChI=1S/C17H17NO3S/c1-2-8-22-14-10-12(17(20)21)9-13(18)15(14)16(19)11-6-4-3-5-7-11/h3-7,9-10H,2,8,18H2,1H3,(H,20,21). The molecule has 0 saturated carbocycles. The van der Waals surface area contributed by atoms with E-state index in [9.17, 15) is 9.59 Å². The Hall–Kier alpha value is -2.27. The molecule has 0 radical (unpaired) electrons. The van der Waals surface area contributed by atoms with E-state index < -0.39 is 5.97 Å². The van der Waals surface area contributed by atoms with E-state index in [4.69, 9.17) is 10.8 Å². The average molecular weight is 315 g/mol. The van der Waals surface area contributed by atoms with Crippen molar-refractivity contribution >= 4 is 29.2 Å². The number of carbonyl (C=O) groups excluding carboxylic acids is 1. The number of nitrogen functional groups attached to an aromatic ring is 1. The number of anilines is 1. The molecule has 0 fully saturated rings. The highest BCUT2D eigenvalue weighted by atomic mass is 32.2. The van der Waals surface area contributed by atoms with Crippen LogP contribution in [-0.4, -0.2) is 22.6 Å². The van der Waals surface area contributed by atoms with Gasteiger partial charge in [0.2, 0.25) is 0 Å². The number of carboxylic acids is 1. The van der Waals surface area contributed by atoms with E-state index in [0.29, 0.717) is 16.0 Å². The van der Waals surface area contributed by atoms with Crippen LogP contribution in [0.3, 0.4) is 0 Å². The molecular weight excluding hydrogens is 298 g/mol. The third-order valence-corrected chi connectivity index (χ3v) is 4.35. The number of aromatic carboxylic acids is 1. The van der Waals surface area contributed by atoms with Gasteiger partial charge in [-0.15, -0.1) is 11.8 Å². The Labute approximate surface area is 133 Å². The molecule has 2 aromatic rings. The largest absolute Gasteiger partial charge is 0.478 e. The van der Waals surface area contributed by atoms with Crippen molar-refractivity contribution in [2.45, 2.75) is 18.2 Å². The lowest BCUT2D eigenvalue weighted by molar-refractivity contribution is 0.0696. The molecule has 5 heteroatoms. The molecule has 0 aliphatic carbocycles. The number of carbonyl (C=O) groups is 2. The van der Waals surface area contributed by atoms with Crippen LogP contribution in [0.4, 0.5) is 5.69 Å². The lowest BCUT2D eigenvalue weighted by Gasteiger charge is -2.12. The van der Waals surface area contributed by atoms with Gasteiger partial charge in [-0.2, -0.15) is 0 Å². The summed E-state index contributed by atoms with van der Waals surface area (Å²) in [6, 6.07) is 11.7. The first-order valence-electron chi connectivity index (χ1n) is 6.94. The highest BCUT2D eigenvalue weighted by Gasteiger charge is 2.20. The Morgan fingerprint density at radius 2 is 1.82 bits per heavy atom. The van der Waals surface area contributed by atoms with Gasteiger partial charge < -0.3 is 10.8 Å². The first-order chi connectivity index (χ1) is 10.5. The van der Waals surface area contributed by atoms with Crippen molar-refractivity contribution in [2.24, 2.45) is 0 Å². The number of ketones is 1. The summed E-state index contributed by atoms with van der Waals surface area (Å²) >= 11 is 1.45. The van der Waals surface area contributed by atoms with Crippen molar-refractivity contribution in [3.8, 4) is 0 Å². The number of rotatable bonds is 6. The Morgan fingerprint density at radius 1 is 1.14 bits per heavy atom. The van der Waals surface area contributed by atoms with E-state index in [1.54, 1.807) is 24.3 Å². The van der Waals surface area contributed by atoms with Crippen molar-refractivity contribution in [3.05, 3.63) is 59.2 Å². The molecular formula is C17H17NO3S. The van der Waals surface area contributed by atoms with E-state index in [1.807, 2.05) is 13.0 Å². The van der Waals surface area contributed by atoms with Crippen molar-refractivity contribution < 1.29 is 14.7 Å². The van der Waals surface area contributed by atoms with Crippen LogP contribution in [0, 0.1) is 0 Å². The molecule has 22 heavy (non-hydrogen) atoms. The van der Waals surface area contributed by atoms with Gasteiger partial charge in [0.05, 0.1) is 11.1 Å². The van der Waals surface area contributed by atoms with E-state index >= 15 is 0 Å². The van der Waals surface area contributed by atoms with Gasteiger partial charge in [-0.05, 0) is 24.3 Å². The zero-order valence-electron chi connectivity index (χ0n) is 12.2. The predicted molar refractivity (Wildman–Crippen MR) is 88.7 cm³/mol. The average Bonchev–Trinajstić information content (AvgIpc) is 2.52. The minimum atomic E-state index is -1.05. The van der Waals surface area contributed by atoms with Crippen LogP contribution in [-0.2, 0) is 0 Å². The summed E-state index contributed by atoms with van der Waals surface area (Å²) < 4.78 is 0. The maximum atomic E-state index is 12.7. The monoisotopic (exact) mass is 315 g/mol. The summed E-state index contributed by atoms with van der Waals surface area (Å²) in [5.74, 6) is -0.449. The summed E-state index contributed by atoms with van der Waals surface area (Å²) in [5, 5.41) is 9.16. The van der Waals surface area contributed by atoms with Crippen LogP contribution in [0.15, 0.2) is 47.4 Å². The van der Waals surface area contributed by atoms with E-state index in [-0.39, 0.29) is 17.0 Å². The number of thioether (sulfide) groups is 1. The smallest absolute Gasteiger partial charge is 0.335 e. The number of hydrogen-bond donors (Lipinski definition) is 2. The van der Waals surface area contributed by atoms with Crippen LogP contribution in [0.2, 0.25) is 0 Å². The lowest BCUT2D eigenvalue weighted by atomic mass is 10.00. The lowest BCUT2D eigenvalue weighted by Crippen LogP contribution is -2.10. The second-order valence-electron chi connectivity index (χ2n) is 4.79. The molecule has 0 atom stereocenters. The van der Waals surface area contributed by atoms with Gasteiger partial charge >= 0.3 is 5.97 Å². The van der Waals surface area contributed by atoms with Crippen LogP contribution >= 0.6 is 11.8 Å². The molecule has 0 bridgehead atoms. The van der Waals surface area contributed by atoms with E-state index in [1.165, 1.54) is 23.9 Å². The number of carboxylic acid groups (broad SMARTS) is 1. The maximum absolute atomic E-state index is 12.7. The highest BCUT2D eigenvalue weighted by Crippen LogP contribution is 2.31. The second kappa shape index (κ2) is 7.13. The zero-order chi connectivity index (χ0) is 16.1. The summed E-state index contributed by atoms with van der Waals surface area (Å²) in [7, 11) is 0. The second-order valence-corrected chi connectivity index (χ2v) is 5.92. The molecule has 0 amide bonds. The van der Waals surface area contributed by atoms with Crippen LogP contribution in [0.5, 0.6) is 0 Å². The van der Waals surface area contributed by atoms with Crippen molar-refractivity contribution in [1.29, 1.82) is 0 Å². The van der Waals surface area contributed by atoms with E-state index in [0.717, 1.165) is 12.2 Å². The Morgan fingerprint density at radius 3 is 2.41 bits per heavy atom. The van der Waals surface area contributed by atoms with Crippen molar-refractivity contribution in [2.75, 3.05) is 11.5 Å². The zero-order valence-corrected chi connectivity index (χ0v) is 13.0.